The Hall–Kier alpha value is -1.93. The fourth-order valence-corrected chi connectivity index (χ4v) is 2.88. The Morgan fingerprint density at radius 2 is 2.28 bits per heavy atom. The number of fused-ring (bicyclic) bond motifs is 1. The zero-order valence-electron chi connectivity index (χ0n) is 13.5. The molecule has 1 fully saturated rings. The van der Waals surface area contributed by atoms with Crippen LogP contribution in [0.1, 0.15) is 22.6 Å². The van der Waals surface area contributed by atoms with Crippen LogP contribution in [0.4, 0.5) is 8.78 Å². The van der Waals surface area contributed by atoms with Gasteiger partial charge < -0.3 is 18.8 Å². The van der Waals surface area contributed by atoms with Gasteiger partial charge in [0.05, 0.1) is 36.7 Å². The van der Waals surface area contributed by atoms with E-state index in [-0.39, 0.29) is 23.3 Å². The van der Waals surface area contributed by atoms with Crippen molar-refractivity contribution in [2.45, 2.75) is 31.4 Å². The number of alkyl halides is 3. The maximum atomic E-state index is 12.5. The second-order valence-electron chi connectivity index (χ2n) is 5.59. The lowest BCUT2D eigenvalue weighted by Gasteiger charge is -2.27. The van der Waals surface area contributed by atoms with Crippen LogP contribution in [-0.2, 0) is 21.9 Å². The molecule has 9 heteroatoms. The highest BCUT2D eigenvalue weighted by atomic mass is 35.5. The zero-order valence-corrected chi connectivity index (χ0v) is 14.3. The van der Waals surface area contributed by atoms with Gasteiger partial charge in [0.1, 0.15) is 23.7 Å². The molecule has 0 N–H and O–H groups in total. The third-order valence-corrected chi connectivity index (χ3v) is 4.22. The number of halogens is 3. The van der Waals surface area contributed by atoms with E-state index in [1.54, 1.807) is 6.07 Å². The van der Waals surface area contributed by atoms with E-state index in [1.807, 2.05) is 4.57 Å². The number of carbonyl (C=O) groups is 1. The Bertz CT molecular complexity index is 777. The molecule has 0 radical (unpaired) electrons. The topological polar surface area (TPSA) is 62.6 Å². The summed E-state index contributed by atoms with van der Waals surface area (Å²) < 4.78 is 42.3. The lowest BCUT2D eigenvalue weighted by molar-refractivity contribution is -0.0589. The maximum absolute atomic E-state index is 12.5. The van der Waals surface area contributed by atoms with Crippen LogP contribution in [0.3, 0.4) is 0 Å². The van der Waals surface area contributed by atoms with Gasteiger partial charge in [0.2, 0.25) is 0 Å². The lowest BCUT2D eigenvalue weighted by Crippen LogP contribution is -2.31. The quantitative estimate of drug-likeness (QED) is 0.550. The highest BCUT2D eigenvalue weighted by molar-refractivity contribution is 6.17. The molecule has 1 aliphatic heterocycles. The third-order valence-electron chi connectivity index (χ3n) is 3.98. The standard InChI is InChI=1S/C16H17ClF2N2O4/c1-23-16(22)9-4-11-15(12(5-9)25-8-13(18)19)20-14(6-17)21(11)7-10-2-3-24-10/h4-5,10,13H,2-3,6-8H2,1H3/t10-/m0/s1. The second kappa shape index (κ2) is 7.53. The van der Waals surface area contributed by atoms with Crippen molar-refractivity contribution in [3.8, 4) is 5.75 Å². The van der Waals surface area contributed by atoms with Gasteiger partial charge in [-0.25, -0.2) is 18.6 Å². The van der Waals surface area contributed by atoms with E-state index < -0.39 is 19.0 Å². The highest BCUT2D eigenvalue weighted by Crippen LogP contribution is 2.31. The van der Waals surface area contributed by atoms with Crippen LogP contribution >= 0.6 is 11.6 Å². The first kappa shape index (κ1) is 17.9. The van der Waals surface area contributed by atoms with Crippen molar-refractivity contribution in [2.75, 3.05) is 20.3 Å². The molecule has 25 heavy (non-hydrogen) atoms. The molecule has 1 aromatic heterocycles. The van der Waals surface area contributed by atoms with Crippen molar-refractivity contribution in [3.63, 3.8) is 0 Å². The van der Waals surface area contributed by atoms with Crippen LogP contribution in [0, 0.1) is 0 Å². The molecular weight excluding hydrogens is 358 g/mol. The van der Waals surface area contributed by atoms with E-state index >= 15 is 0 Å². The SMILES string of the molecule is COC(=O)c1cc(OCC(F)F)c2nc(CCl)n(C[C@@H]3CCO3)c2c1. The van der Waals surface area contributed by atoms with Gasteiger partial charge in [-0.3, -0.25) is 0 Å². The van der Waals surface area contributed by atoms with Crippen molar-refractivity contribution in [3.05, 3.63) is 23.5 Å². The van der Waals surface area contributed by atoms with Crippen LogP contribution < -0.4 is 4.74 Å². The monoisotopic (exact) mass is 374 g/mol. The number of hydrogen-bond donors (Lipinski definition) is 0. The number of nitrogens with zero attached hydrogens (tertiary/aromatic N) is 2. The van der Waals surface area contributed by atoms with E-state index in [1.165, 1.54) is 13.2 Å². The van der Waals surface area contributed by atoms with Crippen LogP contribution in [0.15, 0.2) is 12.1 Å². The molecule has 0 amide bonds. The first-order valence-corrected chi connectivity index (χ1v) is 8.27. The van der Waals surface area contributed by atoms with E-state index in [4.69, 9.17) is 25.8 Å². The van der Waals surface area contributed by atoms with Crippen LogP contribution in [0.25, 0.3) is 11.0 Å². The Balaban J connectivity index is 2.09. The lowest BCUT2D eigenvalue weighted by atomic mass is 10.1. The summed E-state index contributed by atoms with van der Waals surface area (Å²) in [6.45, 7) is 0.412. The maximum Gasteiger partial charge on any atom is 0.338 e. The van der Waals surface area contributed by atoms with E-state index in [2.05, 4.69) is 4.98 Å². The fraction of sp³-hybridized carbons (Fsp3) is 0.500. The van der Waals surface area contributed by atoms with Gasteiger partial charge >= 0.3 is 5.97 Å². The van der Waals surface area contributed by atoms with Crippen LogP contribution in [-0.4, -0.2) is 48.4 Å². The van der Waals surface area contributed by atoms with Gasteiger partial charge in [-0.1, -0.05) is 0 Å². The number of rotatable bonds is 7. The molecule has 0 saturated carbocycles. The minimum atomic E-state index is -2.64. The number of aromatic nitrogens is 2. The normalized spacial score (nSPS) is 16.9. The summed E-state index contributed by atoms with van der Waals surface area (Å²) in [5, 5.41) is 0. The number of ether oxygens (including phenoxy) is 3. The van der Waals surface area contributed by atoms with Crippen molar-refractivity contribution >= 4 is 28.6 Å². The van der Waals surface area contributed by atoms with Gasteiger partial charge in [0.25, 0.3) is 6.43 Å². The van der Waals surface area contributed by atoms with Crippen molar-refractivity contribution < 1.29 is 27.8 Å². The summed E-state index contributed by atoms with van der Waals surface area (Å²) in [5.41, 5.74) is 1.14. The van der Waals surface area contributed by atoms with E-state index in [0.717, 1.165) is 6.42 Å². The van der Waals surface area contributed by atoms with E-state index in [0.29, 0.717) is 30.0 Å². The van der Waals surface area contributed by atoms with Gasteiger partial charge in [-0.2, -0.15) is 0 Å². The summed E-state index contributed by atoms with van der Waals surface area (Å²) in [5.74, 6) is 0.182. The average Bonchev–Trinajstić information content (AvgIpc) is 2.92. The Labute approximate surface area is 147 Å². The van der Waals surface area contributed by atoms with Gasteiger partial charge in [-0.05, 0) is 18.6 Å². The Morgan fingerprint density at radius 3 is 2.84 bits per heavy atom. The van der Waals surface area contributed by atoms with Crippen molar-refractivity contribution in [1.29, 1.82) is 0 Å². The van der Waals surface area contributed by atoms with Gasteiger partial charge in [0, 0.05) is 6.61 Å². The zero-order chi connectivity index (χ0) is 18.0. The number of imidazole rings is 1. The molecule has 2 aromatic rings. The molecule has 0 aliphatic carbocycles. The molecule has 1 aliphatic rings. The molecule has 6 nitrogen and oxygen atoms in total. The largest absolute Gasteiger partial charge is 0.485 e. The summed E-state index contributed by atoms with van der Waals surface area (Å²) in [7, 11) is 1.25. The fourth-order valence-electron chi connectivity index (χ4n) is 2.68. The minimum Gasteiger partial charge on any atom is -0.485 e. The number of methoxy groups -OCH3 is 1. The summed E-state index contributed by atoms with van der Waals surface area (Å²) in [6.07, 6.45) is -1.70. The van der Waals surface area contributed by atoms with Crippen LogP contribution in [0.2, 0.25) is 0 Å². The average molecular weight is 375 g/mol. The smallest absolute Gasteiger partial charge is 0.338 e. The highest BCUT2D eigenvalue weighted by Gasteiger charge is 2.24. The molecule has 2 heterocycles. The minimum absolute atomic E-state index is 0.0339. The number of benzene rings is 1. The van der Waals surface area contributed by atoms with Crippen LogP contribution in [0.5, 0.6) is 5.75 Å². The first-order valence-electron chi connectivity index (χ1n) is 7.73. The molecule has 0 bridgehead atoms. The summed E-state index contributed by atoms with van der Waals surface area (Å²) >= 11 is 5.98. The third kappa shape index (κ3) is 3.69. The Morgan fingerprint density at radius 1 is 1.52 bits per heavy atom. The number of hydrogen-bond acceptors (Lipinski definition) is 5. The molecular formula is C16H17ClF2N2O4. The molecule has 0 spiro atoms. The van der Waals surface area contributed by atoms with Crippen molar-refractivity contribution in [1.82, 2.24) is 9.55 Å². The molecule has 136 valence electrons. The van der Waals surface area contributed by atoms with E-state index in [9.17, 15) is 13.6 Å². The van der Waals surface area contributed by atoms with Gasteiger partial charge in [0.15, 0.2) is 0 Å². The molecule has 0 unspecified atom stereocenters. The summed E-state index contributed by atoms with van der Waals surface area (Å²) in [6, 6.07) is 2.95. The summed E-state index contributed by atoms with van der Waals surface area (Å²) in [4.78, 5) is 16.3. The number of carbonyl (C=O) groups excluding carboxylic acids is 1. The predicted octanol–water partition coefficient (Wildman–Crippen LogP) is 2.99. The second-order valence-corrected chi connectivity index (χ2v) is 5.86. The molecule has 1 aromatic carbocycles. The van der Waals surface area contributed by atoms with Crippen molar-refractivity contribution in [2.24, 2.45) is 0 Å². The predicted molar refractivity (Wildman–Crippen MR) is 86.5 cm³/mol. The molecule has 3 rings (SSSR count). The Kier molecular flexibility index (Phi) is 5.39. The molecule has 1 saturated heterocycles. The molecule has 1 atom stereocenters. The number of esters is 1. The van der Waals surface area contributed by atoms with Gasteiger partial charge in [-0.15, -0.1) is 11.6 Å². The first-order chi connectivity index (χ1) is 12.0.